The molecule has 0 bridgehead atoms. The van der Waals surface area contributed by atoms with E-state index in [1.165, 1.54) is 7.11 Å². The SMILES string of the molecule is CCCC(C)(NC(=O)COCC)C(=O)OC. The van der Waals surface area contributed by atoms with Gasteiger partial charge in [-0.25, -0.2) is 4.79 Å². The van der Waals surface area contributed by atoms with E-state index in [2.05, 4.69) is 10.1 Å². The van der Waals surface area contributed by atoms with Crippen LogP contribution < -0.4 is 5.32 Å². The monoisotopic (exact) mass is 231 g/mol. The molecule has 1 N–H and O–H groups in total. The smallest absolute Gasteiger partial charge is 0.331 e. The van der Waals surface area contributed by atoms with E-state index >= 15 is 0 Å². The van der Waals surface area contributed by atoms with Gasteiger partial charge in [0.05, 0.1) is 7.11 Å². The molecule has 0 aliphatic heterocycles. The summed E-state index contributed by atoms with van der Waals surface area (Å²) in [5, 5.41) is 2.64. The largest absolute Gasteiger partial charge is 0.467 e. The third-order valence-electron chi connectivity index (χ3n) is 2.24. The van der Waals surface area contributed by atoms with E-state index in [-0.39, 0.29) is 12.5 Å². The number of esters is 1. The molecule has 0 aromatic carbocycles. The first-order valence-corrected chi connectivity index (χ1v) is 5.47. The maximum atomic E-state index is 11.6. The van der Waals surface area contributed by atoms with Crippen molar-refractivity contribution in [2.75, 3.05) is 20.3 Å². The minimum Gasteiger partial charge on any atom is -0.467 e. The standard InChI is InChI=1S/C11H21NO4/c1-5-7-11(3,10(14)15-4)12-9(13)8-16-6-2/h5-8H2,1-4H3,(H,12,13). The lowest BCUT2D eigenvalue weighted by molar-refractivity contribution is -0.151. The van der Waals surface area contributed by atoms with Crippen molar-refractivity contribution < 1.29 is 19.1 Å². The second kappa shape index (κ2) is 7.22. The van der Waals surface area contributed by atoms with Crippen LogP contribution in [0.3, 0.4) is 0 Å². The lowest BCUT2D eigenvalue weighted by Gasteiger charge is -2.27. The summed E-state index contributed by atoms with van der Waals surface area (Å²) in [6, 6.07) is 0. The fourth-order valence-electron chi connectivity index (χ4n) is 1.48. The fourth-order valence-corrected chi connectivity index (χ4v) is 1.48. The Hall–Kier alpha value is -1.10. The number of ether oxygens (including phenoxy) is 2. The van der Waals surface area contributed by atoms with Gasteiger partial charge in [-0.3, -0.25) is 4.79 Å². The van der Waals surface area contributed by atoms with Gasteiger partial charge >= 0.3 is 5.97 Å². The highest BCUT2D eigenvalue weighted by Gasteiger charge is 2.34. The van der Waals surface area contributed by atoms with E-state index in [1.807, 2.05) is 6.92 Å². The Bertz CT molecular complexity index is 242. The summed E-state index contributed by atoms with van der Waals surface area (Å²) in [4.78, 5) is 23.0. The molecule has 1 unspecified atom stereocenters. The number of hydrogen-bond donors (Lipinski definition) is 1. The summed E-state index contributed by atoms with van der Waals surface area (Å²) < 4.78 is 9.65. The molecule has 0 fully saturated rings. The molecule has 16 heavy (non-hydrogen) atoms. The maximum absolute atomic E-state index is 11.6. The highest BCUT2D eigenvalue weighted by Crippen LogP contribution is 2.14. The molecule has 1 amide bonds. The zero-order chi connectivity index (χ0) is 12.6. The van der Waals surface area contributed by atoms with Crippen molar-refractivity contribution in [2.24, 2.45) is 0 Å². The number of amides is 1. The van der Waals surface area contributed by atoms with E-state index in [0.717, 1.165) is 6.42 Å². The van der Waals surface area contributed by atoms with Gasteiger partial charge in [-0.2, -0.15) is 0 Å². The molecular weight excluding hydrogens is 210 g/mol. The predicted molar refractivity (Wildman–Crippen MR) is 60.0 cm³/mol. The quantitative estimate of drug-likeness (QED) is 0.660. The predicted octanol–water partition coefficient (Wildman–Crippen LogP) is 0.871. The molecule has 0 aromatic rings. The first-order chi connectivity index (χ1) is 7.50. The summed E-state index contributed by atoms with van der Waals surface area (Å²) in [6.45, 7) is 5.84. The zero-order valence-electron chi connectivity index (χ0n) is 10.5. The highest BCUT2D eigenvalue weighted by atomic mass is 16.5. The Labute approximate surface area is 96.5 Å². The molecule has 0 saturated carbocycles. The molecule has 94 valence electrons. The molecule has 0 aliphatic carbocycles. The van der Waals surface area contributed by atoms with E-state index in [0.29, 0.717) is 13.0 Å². The highest BCUT2D eigenvalue weighted by molar-refractivity contribution is 5.88. The van der Waals surface area contributed by atoms with E-state index in [9.17, 15) is 9.59 Å². The third-order valence-corrected chi connectivity index (χ3v) is 2.24. The Kier molecular flexibility index (Phi) is 6.72. The van der Waals surface area contributed by atoms with Gasteiger partial charge < -0.3 is 14.8 Å². The first-order valence-electron chi connectivity index (χ1n) is 5.47. The summed E-state index contributed by atoms with van der Waals surface area (Å²) in [6.07, 6.45) is 1.32. The molecular formula is C11H21NO4. The molecule has 0 rings (SSSR count). The molecule has 1 atom stereocenters. The van der Waals surface area contributed by atoms with Crippen molar-refractivity contribution in [3.05, 3.63) is 0 Å². The molecule has 0 aromatic heterocycles. The molecule has 0 aliphatic rings. The summed E-state index contributed by atoms with van der Waals surface area (Å²) in [7, 11) is 1.31. The van der Waals surface area contributed by atoms with Crippen LogP contribution in [-0.2, 0) is 19.1 Å². The van der Waals surface area contributed by atoms with E-state index < -0.39 is 11.5 Å². The average molecular weight is 231 g/mol. The van der Waals surface area contributed by atoms with Gasteiger partial charge in [-0.1, -0.05) is 13.3 Å². The van der Waals surface area contributed by atoms with Crippen molar-refractivity contribution in [1.82, 2.24) is 5.32 Å². The number of hydrogen-bond acceptors (Lipinski definition) is 4. The van der Waals surface area contributed by atoms with Crippen LogP contribution in [0.2, 0.25) is 0 Å². The third kappa shape index (κ3) is 4.61. The number of methoxy groups -OCH3 is 1. The van der Waals surface area contributed by atoms with Crippen molar-refractivity contribution in [2.45, 2.75) is 39.2 Å². The topological polar surface area (TPSA) is 64.6 Å². The summed E-state index contributed by atoms with van der Waals surface area (Å²) in [5.41, 5.74) is -0.961. The van der Waals surface area contributed by atoms with Crippen LogP contribution in [0.25, 0.3) is 0 Å². The number of nitrogens with one attached hydrogen (secondary N) is 1. The van der Waals surface area contributed by atoms with Gasteiger partial charge in [0.15, 0.2) is 0 Å². The summed E-state index contributed by atoms with van der Waals surface area (Å²) >= 11 is 0. The normalized spacial score (nSPS) is 14.0. The number of carbonyl (C=O) groups is 2. The molecule has 0 spiro atoms. The van der Waals surface area contributed by atoms with Gasteiger partial charge in [0.2, 0.25) is 5.91 Å². The Balaban J connectivity index is 4.42. The Morgan fingerprint density at radius 3 is 2.38 bits per heavy atom. The fraction of sp³-hybridized carbons (Fsp3) is 0.818. The van der Waals surface area contributed by atoms with E-state index in [1.54, 1.807) is 13.8 Å². The number of carbonyl (C=O) groups excluding carboxylic acids is 2. The second-order valence-corrected chi connectivity index (χ2v) is 3.76. The molecule has 0 saturated heterocycles. The van der Waals surface area contributed by atoms with Crippen LogP contribution in [0.4, 0.5) is 0 Å². The molecule has 0 heterocycles. The van der Waals surface area contributed by atoms with Crippen molar-refractivity contribution in [3.8, 4) is 0 Å². The Morgan fingerprint density at radius 1 is 1.31 bits per heavy atom. The zero-order valence-corrected chi connectivity index (χ0v) is 10.5. The van der Waals surface area contributed by atoms with Gasteiger partial charge in [-0.15, -0.1) is 0 Å². The first kappa shape index (κ1) is 14.9. The molecule has 5 nitrogen and oxygen atoms in total. The maximum Gasteiger partial charge on any atom is 0.331 e. The Morgan fingerprint density at radius 2 is 1.94 bits per heavy atom. The minimum absolute atomic E-state index is 0.0349. The molecule has 0 radical (unpaired) electrons. The second-order valence-electron chi connectivity index (χ2n) is 3.76. The van der Waals surface area contributed by atoms with Crippen LogP contribution in [0.15, 0.2) is 0 Å². The lowest BCUT2D eigenvalue weighted by Crippen LogP contribution is -2.53. The summed E-state index contributed by atoms with van der Waals surface area (Å²) in [5.74, 6) is -0.734. The molecule has 5 heteroatoms. The van der Waals surface area contributed by atoms with Crippen molar-refractivity contribution >= 4 is 11.9 Å². The number of rotatable bonds is 7. The van der Waals surface area contributed by atoms with Crippen LogP contribution >= 0.6 is 0 Å². The van der Waals surface area contributed by atoms with Crippen LogP contribution in [0.5, 0.6) is 0 Å². The van der Waals surface area contributed by atoms with Gasteiger partial charge in [0.25, 0.3) is 0 Å². The van der Waals surface area contributed by atoms with Gasteiger partial charge in [0, 0.05) is 6.61 Å². The van der Waals surface area contributed by atoms with Crippen LogP contribution in [0, 0.1) is 0 Å². The van der Waals surface area contributed by atoms with Crippen molar-refractivity contribution in [3.63, 3.8) is 0 Å². The average Bonchev–Trinajstić information content (AvgIpc) is 2.25. The minimum atomic E-state index is -0.961. The van der Waals surface area contributed by atoms with Crippen LogP contribution in [0.1, 0.15) is 33.6 Å². The van der Waals surface area contributed by atoms with Crippen LogP contribution in [-0.4, -0.2) is 37.7 Å². The van der Waals surface area contributed by atoms with E-state index in [4.69, 9.17) is 4.74 Å². The van der Waals surface area contributed by atoms with Gasteiger partial charge in [-0.05, 0) is 20.3 Å². The lowest BCUT2D eigenvalue weighted by atomic mass is 9.96. The van der Waals surface area contributed by atoms with Crippen molar-refractivity contribution in [1.29, 1.82) is 0 Å². The van der Waals surface area contributed by atoms with Gasteiger partial charge in [0.1, 0.15) is 12.1 Å².